The van der Waals surface area contributed by atoms with Crippen LogP contribution in [0.25, 0.3) is 10.8 Å². The molecule has 1 N–H and O–H groups in total. The molecule has 0 aliphatic carbocycles. The molecule has 0 saturated carbocycles. The Morgan fingerprint density at radius 3 is 2.37 bits per heavy atom. The van der Waals surface area contributed by atoms with Gasteiger partial charge in [-0.1, -0.05) is 54.1 Å². The van der Waals surface area contributed by atoms with Crippen molar-refractivity contribution in [1.29, 1.82) is 0 Å². The van der Waals surface area contributed by atoms with Crippen molar-refractivity contribution in [2.75, 3.05) is 18.5 Å². The summed E-state index contributed by atoms with van der Waals surface area (Å²) >= 11 is 0. The zero-order chi connectivity index (χ0) is 20.8. The van der Waals surface area contributed by atoms with E-state index in [-0.39, 0.29) is 0 Å². The monoisotopic (exact) mass is 398 g/mol. The number of hydrogen-bond donors (Lipinski definition) is 1. The quantitative estimate of drug-likeness (QED) is 0.374. The SMILES string of the molecule is Cc1ccc(OCCOc2ccc3ccccc3c2CNc2ccccn2)c(C)c1. The number of hydrogen-bond acceptors (Lipinski definition) is 4. The Kier molecular flexibility index (Phi) is 6.14. The number of ether oxygens (including phenoxy) is 2. The molecule has 0 bridgehead atoms. The summed E-state index contributed by atoms with van der Waals surface area (Å²) < 4.78 is 12.1. The number of nitrogens with zero attached hydrogens (tertiary/aromatic N) is 1. The Morgan fingerprint density at radius 1 is 0.800 bits per heavy atom. The van der Waals surface area contributed by atoms with Gasteiger partial charge in [0.1, 0.15) is 30.5 Å². The van der Waals surface area contributed by atoms with Crippen LogP contribution in [0.1, 0.15) is 16.7 Å². The van der Waals surface area contributed by atoms with E-state index < -0.39 is 0 Å². The number of pyridine rings is 1. The number of fused-ring (bicyclic) bond motifs is 1. The summed E-state index contributed by atoms with van der Waals surface area (Å²) in [6, 6.07) is 24.5. The third-order valence-corrected chi connectivity index (χ3v) is 5.04. The minimum absolute atomic E-state index is 0.474. The van der Waals surface area contributed by atoms with Crippen LogP contribution in [0.2, 0.25) is 0 Å². The summed E-state index contributed by atoms with van der Waals surface area (Å²) in [6.45, 7) is 5.74. The van der Waals surface area contributed by atoms with Crippen LogP contribution in [0.4, 0.5) is 5.82 Å². The summed E-state index contributed by atoms with van der Waals surface area (Å²) in [5.41, 5.74) is 3.49. The fraction of sp³-hybridized carbons (Fsp3) is 0.192. The Labute approximate surface area is 177 Å². The smallest absolute Gasteiger partial charge is 0.126 e. The van der Waals surface area contributed by atoms with Gasteiger partial charge in [-0.05, 0) is 54.4 Å². The number of aromatic nitrogens is 1. The molecule has 1 heterocycles. The van der Waals surface area contributed by atoms with Crippen molar-refractivity contribution >= 4 is 16.6 Å². The molecule has 4 nitrogen and oxygen atoms in total. The van der Waals surface area contributed by atoms with E-state index >= 15 is 0 Å². The van der Waals surface area contributed by atoms with E-state index in [1.54, 1.807) is 6.20 Å². The predicted molar refractivity (Wildman–Crippen MR) is 122 cm³/mol. The molecule has 0 fully saturated rings. The summed E-state index contributed by atoms with van der Waals surface area (Å²) in [7, 11) is 0. The minimum Gasteiger partial charge on any atom is -0.490 e. The van der Waals surface area contributed by atoms with Crippen LogP contribution in [0, 0.1) is 13.8 Å². The second-order valence-electron chi connectivity index (χ2n) is 7.30. The van der Waals surface area contributed by atoms with Gasteiger partial charge >= 0.3 is 0 Å². The summed E-state index contributed by atoms with van der Waals surface area (Å²) in [6.07, 6.45) is 1.78. The predicted octanol–water partition coefficient (Wildman–Crippen LogP) is 5.92. The molecule has 4 rings (SSSR count). The molecule has 0 aliphatic rings. The van der Waals surface area contributed by atoms with Crippen molar-refractivity contribution in [3.8, 4) is 11.5 Å². The second kappa shape index (κ2) is 9.31. The van der Waals surface area contributed by atoms with E-state index in [4.69, 9.17) is 9.47 Å². The first kappa shape index (κ1) is 19.8. The minimum atomic E-state index is 0.474. The highest BCUT2D eigenvalue weighted by molar-refractivity contribution is 5.88. The van der Waals surface area contributed by atoms with Crippen LogP contribution in [0.3, 0.4) is 0 Å². The number of aryl methyl sites for hydroxylation is 2. The Balaban J connectivity index is 1.47. The van der Waals surface area contributed by atoms with E-state index in [9.17, 15) is 0 Å². The molecule has 0 radical (unpaired) electrons. The molecule has 0 amide bonds. The number of benzene rings is 3. The molecular weight excluding hydrogens is 372 g/mol. The Bertz CT molecular complexity index is 1130. The molecule has 0 unspecified atom stereocenters. The van der Waals surface area contributed by atoms with Gasteiger partial charge in [-0.15, -0.1) is 0 Å². The number of anilines is 1. The van der Waals surface area contributed by atoms with E-state index in [0.717, 1.165) is 28.4 Å². The average molecular weight is 399 g/mol. The lowest BCUT2D eigenvalue weighted by atomic mass is 10.0. The molecule has 4 aromatic rings. The zero-order valence-electron chi connectivity index (χ0n) is 17.4. The van der Waals surface area contributed by atoms with Gasteiger partial charge in [0.15, 0.2) is 0 Å². The fourth-order valence-electron chi connectivity index (χ4n) is 3.54. The van der Waals surface area contributed by atoms with E-state index in [0.29, 0.717) is 19.8 Å². The highest BCUT2D eigenvalue weighted by Gasteiger charge is 2.10. The van der Waals surface area contributed by atoms with Crippen LogP contribution in [-0.2, 0) is 6.54 Å². The van der Waals surface area contributed by atoms with Crippen molar-refractivity contribution < 1.29 is 9.47 Å². The van der Waals surface area contributed by atoms with Crippen LogP contribution in [-0.4, -0.2) is 18.2 Å². The van der Waals surface area contributed by atoms with Gasteiger partial charge in [0.25, 0.3) is 0 Å². The van der Waals surface area contributed by atoms with Gasteiger partial charge < -0.3 is 14.8 Å². The van der Waals surface area contributed by atoms with Crippen molar-refractivity contribution in [3.05, 3.63) is 95.7 Å². The summed E-state index contributed by atoms with van der Waals surface area (Å²) in [4.78, 5) is 4.35. The third kappa shape index (κ3) is 4.71. The summed E-state index contributed by atoms with van der Waals surface area (Å²) in [5, 5.41) is 5.76. The Morgan fingerprint density at radius 2 is 1.57 bits per heavy atom. The zero-order valence-corrected chi connectivity index (χ0v) is 17.4. The van der Waals surface area contributed by atoms with Crippen molar-refractivity contribution in [2.24, 2.45) is 0 Å². The molecule has 30 heavy (non-hydrogen) atoms. The molecule has 0 spiro atoms. The lowest BCUT2D eigenvalue weighted by molar-refractivity contribution is 0.215. The molecule has 0 aliphatic heterocycles. The van der Waals surface area contributed by atoms with Crippen LogP contribution in [0.15, 0.2) is 79.0 Å². The van der Waals surface area contributed by atoms with Gasteiger partial charge in [0.05, 0.1) is 0 Å². The van der Waals surface area contributed by atoms with E-state index in [1.165, 1.54) is 16.3 Å². The molecule has 152 valence electrons. The first-order valence-corrected chi connectivity index (χ1v) is 10.2. The lowest BCUT2D eigenvalue weighted by Crippen LogP contribution is -2.12. The molecular formula is C26H26N2O2. The molecule has 1 aromatic heterocycles. The molecule has 4 heteroatoms. The van der Waals surface area contributed by atoms with Crippen LogP contribution < -0.4 is 14.8 Å². The fourth-order valence-corrected chi connectivity index (χ4v) is 3.54. The molecule has 3 aromatic carbocycles. The molecule has 0 saturated heterocycles. The van der Waals surface area contributed by atoms with Crippen molar-refractivity contribution in [3.63, 3.8) is 0 Å². The van der Waals surface area contributed by atoms with Crippen LogP contribution >= 0.6 is 0 Å². The maximum Gasteiger partial charge on any atom is 0.126 e. The largest absolute Gasteiger partial charge is 0.490 e. The van der Waals surface area contributed by atoms with Gasteiger partial charge in [0.2, 0.25) is 0 Å². The first-order chi connectivity index (χ1) is 14.7. The van der Waals surface area contributed by atoms with Crippen molar-refractivity contribution in [1.82, 2.24) is 4.98 Å². The molecule has 0 atom stereocenters. The number of nitrogens with one attached hydrogen (secondary N) is 1. The van der Waals surface area contributed by atoms with Crippen molar-refractivity contribution in [2.45, 2.75) is 20.4 Å². The van der Waals surface area contributed by atoms with Gasteiger partial charge in [0, 0.05) is 18.3 Å². The standard InChI is InChI=1S/C26H26N2O2/c1-19-10-12-24(20(2)17-19)29-15-16-30-25-13-11-21-7-3-4-8-22(21)23(25)18-28-26-9-5-6-14-27-26/h3-14,17H,15-16,18H2,1-2H3,(H,27,28). The van der Waals surface area contributed by atoms with Gasteiger partial charge in [-0.3, -0.25) is 0 Å². The normalized spacial score (nSPS) is 10.7. The first-order valence-electron chi connectivity index (χ1n) is 10.2. The summed E-state index contributed by atoms with van der Waals surface area (Å²) in [5.74, 6) is 2.61. The Hall–Kier alpha value is -3.53. The van der Waals surface area contributed by atoms with Crippen LogP contribution in [0.5, 0.6) is 11.5 Å². The van der Waals surface area contributed by atoms with E-state index in [1.807, 2.05) is 30.3 Å². The van der Waals surface area contributed by atoms with Gasteiger partial charge in [-0.25, -0.2) is 4.98 Å². The van der Waals surface area contributed by atoms with Gasteiger partial charge in [-0.2, -0.15) is 0 Å². The maximum atomic E-state index is 6.13. The maximum absolute atomic E-state index is 6.13. The van der Waals surface area contributed by atoms with E-state index in [2.05, 4.69) is 66.6 Å². The highest BCUT2D eigenvalue weighted by atomic mass is 16.5. The average Bonchev–Trinajstić information content (AvgIpc) is 2.77. The topological polar surface area (TPSA) is 43.4 Å². The lowest BCUT2D eigenvalue weighted by Gasteiger charge is -2.16. The third-order valence-electron chi connectivity index (χ3n) is 5.04. The second-order valence-corrected chi connectivity index (χ2v) is 7.30. The highest BCUT2D eigenvalue weighted by Crippen LogP contribution is 2.29. The number of rotatable bonds is 8.